The van der Waals surface area contributed by atoms with E-state index in [1.807, 2.05) is 32.9 Å². The number of rotatable bonds is 1. The van der Waals surface area contributed by atoms with Crippen molar-refractivity contribution < 1.29 is 13.9 Å². The number of aromatic hydroxyl groups is 1. The van der Waals surface area contributed by atoms with E-state index in [9.17, 15) is 13.9 Å². The highest BCUT2D eigenvalue weighted by molar-refractivity contribution is 5.81. The van der Waals surface area contributed by atoms with E-state index in [0.29, 0.717) is 22.4 Å². The van der Waals surface area contributed by atoms with Crippen molar-refractivity contribution in [1.82, 2.24) is 9.97 Å². The smallest absolute Gasteiger partial charge is 0.161 e. The second-order valence-electron chi connectivity index (χ2n) is 8.79. The van der Waals surface area contributed by atoms with Crippen LogP contribution in [0.25, 0.3) is 22.4 Å². The van der Waals surface area contributed by atoms with Crippen LogP contribution in [0, 0.1) is 11.6 Å². The van der Waals surface area contributed by atoms with Crippen molar-refractivity contribution in [3.63, 3.8) is 0 Å². The number of aromatic nitrogens is 2. The van der Waals surface area contributed by atoms with Crippen molar-refractivity contribution >= 4 is 11.0 Å². The molecule has 0 aliphatic heterocycles. The fourth-order valence-electron chi connectivity index (χ4n) is 2.95. The Morgan fingerprint density at radius 2 is 1.50 bits per heavy atom. The molecule has 0 radical (unpaired) electrons. The molecule has 0 amide bonds. The van der Waals surface area contributed by atoms with Gasteiger partial charge in [-0.3, -0.25) is 0 Å². The van der Waals surface area contributed by atoms with Crippen LogP contribution < -0.4 is 0 Å². The molecular formula is C21H24F2N2O. The van der Waals surface area contributed by atoms with Gasteiger partial charge in [-0.15, -0.1) is 0 Å². The van der Waals surface area contributed by atoms with Crippen molar-refractivity contribution in [1.29, 1.82) is 0 Å². The number of nitrogens with one attached hydrogen (secondary N) is 1. The molecule has 0 fully saturated rings. The minimum atomic E-state index is -0.946. The molecule has 2 aromatic carbocycles. The maximum absolute atomic E-state index is 13.5. The van der Waals surface area contributed by atoms with Gasteiger partial charge in [0.05, 0.1) is 16.6 Å². The molecule has 1 aromatic heterocycles. The summed E-state index contributed by atoms with van der Waals surface area (Å²) in [6.07, 6.45) is 0. The Hall–Kier alpha value is -2.43. The lowest BCUT2D eigenvalue weighted by atomic mass is 9.79. The van der Waals surface area contributed by atoms with Gasteiger partial charge in [-0.05, 0) is 22.5 Å². The topological polar surface area (TPSA) is 48.9 Å². The lowest BCUT2D eigenvalue weighted by molar-refractivity contribution is 0.446. The Morgan fingerprint density at radius 3 is 2.08 bits per heavy atom. The van der Waals surface area contributed by atoms with Crippen LogP contribution in [0.3, 0.4) is 0 Å². The largest absolute Gasteiger partial charge is 0.507 e. The van der Waals surface area contributed by atoms with Gasteiger partial charge < -0.3 is 10.1 Å². The van der Waals surface area contributed by atoms with Gasteiger partial charge in [0.2, 0.25) is 0 Å². The molecule has 138 valence electrons. The molecule has 0 atom stereocenters. The second-order valence-corrected chi connectivity index (χ2v) is 8.79. The van der Waals surface area contributed by atoms with Gasteiger partial charge in [-0.2, -0.15) is 0 Å². The first-order valence-corrected chi connectivity index (χ1v) is 8.61. The number of H-pyrrole nitrogens is 1. The minimum absolute atomic E-state index is 0.130. The monoisotopic (exact) mass is 358 g/mol. The van der Waals surface area contributed by atoms with Crippen LogP contribution in [0.1, 0.15) is 52.7 Å². The molecule has 1 heterocycles. The summed E-state index contributed by atoms with van der Waals surface area (Å²) in [6.45, 7) is 12.4. The normalized spacial score (nSPS) is 12.8. The molecule has 0 saturated carbocycles. The van der Waals surface area contributed by atoms with E-state index in [2.05, 4.69) is 30.7 Å². The summed E-state index contributed by atoms with van der Waals surface area (Å²) in [5, 5.41) is 10.9. The zero-order valence-electron chi connectivity index (χ0n) is 16.0. The Kier molecular flexibility index (Phi) is 4.09. The van der Waals surface area contributed by atoms with Crippen molar-refractivity contribution in [2.24, 2.45) is 0 Å². The summed E-state index contributed by atoms with van der Waals surface area (Å²) in [5.41, 5.74) is 2.68. The third kappa shape index (κ3) is 3.18. The highest BCUT2D eigenvalue weighted by Crippen LogP contribution is 2.41. The number of phenols is 1. The predicted octanol–water partition coefficient (Wildman–Crippen LogP) is 5.81. The molecule has 3 nitrogen and oxygen atoms in total. The van der Waals surface area contributed by atoms with Gasteiger partial charge in [-0.25, -0.2) is 13.8 Å². The van der Waals surface area contributed by atoms with Crippen LogP contribution in [0.2, 0.25) is 0 Å². The van der Waals surface area contributed by atoms with Gasteiger partial charge in [0.15, 0.2) is 11.6 Å². The van der Waals surface area contributed by atoms with Gasteiger partial charge in [-0.1, -0.05) is 47.6 Å². The third-order valence-electron chi connectivity index (χ3n) is 4.56. The maximum atomic E-state index is 13.5. The molecular weight excluding hydrogens is 334 g/mol. The third-order valence-corrected chi connectivity index (χ3v) is 4.56. The van der Waals surface area contributed by atoms with Crippen molar-refractivity contribution in [2.45, 2.75) is 52.4 Å². The summed E-state index contributed by atoms with van der Waals surface area (Å²) < 4.78 is 27.0. The number of halogens is 2. The maximum Gasteiger partial charge on any atom is 0.161 e. The SMILES string of the molecule is CC(C)(C)c1cc(-c2nc3cc(F)c(F)cc3[nH]2)c(O)c(C(C)(C)C)c1. The highest BCUT2D eigenvalue weighted by atomic mass is 19.2. The Morgan fingerprint density at radius 1 is 0.885 bits per heavy atom. The van der Waals surface area contributed by atoms with Gasteiger partial charge in [0, 0.05) is 17.7 Å². The van der Waals surface area contributed by atoms with E-state index in [1.54, 1.807) is 0 Å². The molecule has 3 aromatic rings. The Labute approximate surface area is 152 Å². The van der Waals surface area contributed by atoms with Gasteiger partial charge in [0.25, 0.3) is 0 Å². The molecule has 0 aliphatic carbocycles. The van der Waals surface area contributed by atoms with Crippen molar-refractivity contribution in [2.75, 3.05) is 0 Å². The van der Waals surface area contributed by atoms with Crippen LogP contribution in [0.5, 0.6) is 5.75 Å². The van der Waals surface area contributed by atoms with Crippen LogP contribution in [-0.2, 0) is 10.8 Å². The number of aromatic amines is 1. The van der Waals surface area contributed by atoms with Crippen LogP contribution in [0.15, 0.2) is 24.3 Å². The molecule has 0 saturated heterocycles. The number of imidazole rings is 1. The zero-order chi connectivity index (χ0) is 19.4. The van der Waals surface area contributed by atoms with E-state index in [0.717, 1.165) is 23.3 Å². The molecule has 3 rings (SSSR count). The number of fused-ring (bicyclic) bond motifs is 1. The van der Waals surface area contributed by atoms with Crippen LogP contribution in [-0.4, -0.2) is 15.1 Å². The lowest BCUT2D eigenvalue weighted by Gasteiger charge is -2.27. The van der Waals surface area contributed by atoms with Crippen LogP contribution >= 0.6 is 0 Å². The number of hydrogen-bond acceptors (Lipinski definition) is 2. The van der Waals surface area contributed by atoms with Gasteiger partial charge >= 0.3 is 0 Å². The first-order chi connectivity index (χ1) is 11.9. The van der Waals surface area contributed by atoms with Crippen LogP contribution in [0.4, 0.5) is 8.78 Å². The molecule has 0 aliphatic rings. The predicted molar refractivity (Wildman–Crippen MR) is 101 cm³/mol. The molecule has 0 spiro atoms. The van der Waals surface area contributed by atoms with E-state index < -0.39 is 11.6 Å². The standard InChI is InChI=1S/C21H24F2N2O/c1-20(2,3)11-7-12(18(26)13(8-11)21(4,5)6)19-24-16-9-14(22)15(23)10-17(16)25-19/h7-10,26H,1-6H3,(H,24,25). The zero-order valence-corrected chi connectivity index (χ0v) is 16.0. The van der Waals surface area contributed by atoms with E-state index in [-0.39, 0.29) is 16.6 Å². The first-order valence-electron chi connectivity index (χ1n) is 8.61. The van der Waals surface area contributed by atoms with E-state index in [4.69, 9.17) is 0 Å². The molecule has 0 bridgehead atoms. The Balaban J connectivity index is 2.30. The summed E-state index contributed by atoms with van der Waals surface area (Å²) >= 11 is 0. The Bertz CT molecular complexity index is 953. The molecule has 2 N–H and O–H groups in total. The summed E-state index contributed by atoms with van der Waals surface area (Å²) in [7, 11) is 0. The van der Waals surface area contributed by atoms with Crippen molar-refractivity contribution in [3.8, 4) is 17.1 Å². The fourth-order valence-corrected chi connectivity index (χ4v) is 2.95. The van der Waals surface area contributed by atoms with E-state index in [1.165, 1.54) is 0 Å². The summed E-state index contributed by atoms with van der Waals surface area (Å²) in [5.74, 6) is -1.36. The lowest BCUT2D eigenvalue weighted by Crippen LogP contribution is -2.17. The molecule has 5 heteroatoms. The fraction of sp³-hybridized carbons (Fsp3) is 0.381. The summed E-state index contributed by atoms with van der Waals surface area (Å²) in [6, 6.07) is 6.03. The first kappa shape index (κ1) is 18.4. The summed E-state index contributed by atoms with van der Waals surface area (Å²) in [4.78, 5) is 7.37. The number of benzene rings is 2. The number of nitrogens with zero attached hydrogens (tertiary/aromatic N) is 1. The number of hydrogen-bond donors (Lipinski definition) is 2. The van der Waals surface area contributed by atoms with E-state index >= 15 is 0 Å². The quantitative estimate of drug-likeness (QED) is 0.577. The van der Waals surface area contributed by atoms with Gasteiger partial charge in [0.1, 0.15) is 11.6 Å². The number of phenolic OH excluding ortho intramolecular Hbond substituents is 1. The average molecular weight is 358 g/mol. The molecule has 0 unspecified atom stereocenters. The average Bonchev–Trinajstić information content (AvgIpc) is 2.88. The van der Waals surface area contributed by atoms with Crippen molar-refractivity contribution in [3.05, 3.63) is 47.0 Å². The molecule has 26 heavy (non-hydrogen) atoms. The minimum Gasteiger partial charge on any atom is -0.507 e. The second kappa shape index (κ2) is 5.79. The highest BCUT2D eigenvalue weighted by Gasteiger charge is 2.26.